The molecule has 15 heavy (non-hydrogen) atoms. The van der Waals surface area contributed by atoms with E-state index in [2.05, 4.69) is 15.0 Å². The van der Waals surface area contributed by atoms with Crippen molar-refractivity contribution < 1.29 is 0 Å². The van der Waals surface area contributed by atoms with Crippen LogP contribution in [-0.4, -0.2) is 19.5 Å². The first-order valence-corrected chi connectivity index (χ1v) is 4.60. The zero-order valence-electron chi connectivity index (χ0n) is 7.67. The third-order valence-electron chi connectivity index (χ3n) is 1.80. The second-order valence-corrected chi connectivity index (χ2v) is 3.26. The highest BCUT2D eigenvalue weighted by Gasteiger charge is 1.99. The average molecular weight is 223 g/mol. The van der Waals surface area contributed by atoms with Crippen LogP contribution in [0.4, 0.5) is 0 Å². The smallest absolute Gasteiger partial charge is 0.253 e. The number of aromatic nitrogens is 4. The molecule has 0 saturated heterocycles. The Morgan fingerprint density at radius 3 is 2.87 bits per heavy atom. The van der Waals surface area contributed by atoms with E-state index < -0.39 is 0 Å². The van der Waals surface area contributed by atoms with Gasteiger partial charge in [0.1, 0.15) is 5.15 Å². The van der Waals surface area contributed by atoms with Crippen molar-refractivity contribution in [3.63, 3.8) is 0 Å². The van der Waals surface area contributed by atoms with E-state index in [4.69, 9.17) is 11.6 Å². The molecule has 5 nitrogen and oxygen atoms in total. The topological polar surface area (TPSA) is 60.7 Å². The van der Waals surface area contributed by atoms with Crippen LogP contribution in [0.15, 0.2) is 35.8 Å². The largest absolute Gasteiger partial charge is 0.293 e. The third kappa shape index (κ3) is 2.38. The standard InChI is InChI=1S/C9H7ClN4O/c10-8-4-12-7(3-13-8)5-14-6-11-2-1-9(14)15/h1-4,6H,5H2. The lowest BCUT2D eigenvalue weighted by Crippen LogP contribution is -2.19. The van der Waals surface area contributed by atoms with Crippen molar-refractivity contribution in [1.82, 2.24) is 19.5 Å². The monoisotopic (exact) mass is 222 g/mol. The maximum atomic E-state index is 11.3. The Hall–Kier alpha value is -1.75. The van der Waals surface area contributed by atoms with E-state index in [1.54, 1.807) is 0 Å². The highest BCUT2D eigenvalue weighted by molar-refractivity contribution is 6.29. The van der Waals surface area contributed by atoms with Crippen LogP contribution in [0.1, 0.15) is 5.69 Å². The van der Waals surface area contributed by atoms with Gasteiger partial charge in [0, 0.05) is 12.3 Å². The van der Waals surface area contributed by atoms with Crippen molar-refractivity contribution in [3.8, 4) is 0 Å². The molecule has 0 aromatic carbocycles. The molecule has 0 bridgehead atoms. The number of nitrogens with zero attached hydrogens (tertiary/aromatic N) is 4. The Morgan fingerprint density at radius 2 is 2.20 bits per heavy atom. The molecule has 2 aromatic rings. The van der Waals surface area contributed by atoms with Crippen LogP contribution >= 0.6 is 11.6 Å². The Labute approximate surface area is 90.4 Å². The Bertz CT molecular complexity index is 508. The third-order valence-corrected chi connectivity index (χ3v) is 1.99. The fourth-order valence-electron chi connectivity index (χ4n) is 1.09. The van der Waals surface area contributed by atoms with Gasteiger partial charge in [0.05, 0.1) is 31.0 Å². The Balaban J connectivity index is 2.26. The molecule has 2 rings (SSSR count). The molecule has 2 heterocycles. The van der Waals surface area contributed by atoms with E-state index >= 15 is 0 Å². The maximum absolute atomic E-state index is 11.3. The summed E-state index contributed by atoms with van der Waals surface area (Å²) in [5, 5.41) is 0.331. The second kappa shape index (κ2) is 4.18. The molecular weight excluding hydrogens is 216 g/mol. The highest BCUT2D eigenvalue weighted by Crippen LogP contribution is 2.01. The lowest BCUT2D eigenvalue weighted by atomic mass is 10.4. The SMILES string of the molecule is O=c1ccncn1Cc1cnc(Cl)cn1. The van der Waals surface area contributed by atoms with Gasteiger partial charge >= 0.3 is 0 Å². The Kier molecular flexibility index (Phi) is 2.73. The van der Waals surface area contributed by atoms with E-state index in [0.717, 1.165) is 0 Å². The second-order valence-electron chi connectivity index (χ2n) is 2.88. The molecular formula is C9H7ClN4O. The normalized spacial score (nSPS) is 10.2. The molecule has 0 amide bonds. The van der Waals surface area contributed by atoms with Crippen molar-refractivity contribution >= 4 is 11.6 Å². The van der Waals surface area contributed by atoms with Crippen LogP contribution < -0.4 is 5.56 Å². The summed E-state index contributed by atoms with van der Waals surface area (Å²) in [7, 11) is 0. The maximum Gasteiger partial charge on any atom is 0.253 e. The van der Waals surface area contributed by atoms with Gasteiger partial charge in [-0.15, -0.1) is 0 Å². The number of rotatable bonds is 2. The summed E-state index contributed by atoms with van der Waals surface area (Å²) in [5.41, 5.74) is 0.538. The fraction of sp³-hybridized carbons (Fsp3) is 0.111. The number of hydrogen-bond donors (Lipinski definition) is 0. The van der Waals surface area contributed by atoms with Gasteiger partial charge in [-0.3, -0.25) is 14.3 Å². The minimum absolute atomic E-state index is 0.123. The lowest BCUT2D eigenvalue weighted by molar-refractivity contribution is 0.715. The molecule has 0 aliphatic rings. The fourth-order valence-corrected chi connectivity index (χ4v) is 1.19. The molecule has 0 atom stereocenters. The molecule has 0 aliphatic carbocycles. The lowest BCUT2D eigenvalue weighted by Gasteiger charge is -2.02. The van der Waals surface area contributed by atoms with E-state index in [0.29, 0.717) is 17.4 Å². The molecule has 0 spiro atoms. The van der Waals surface area contributed by atoms with Crippen LogP contribution in [-0.2, 0) is 6.54 Å². The van der Waals surface area contributed by atoms with Gasteiger partial charge in [0.2, 0.25) is 0 Å². The van der Waals surface area contributed by atoms with Gasteiger partial charge < -0.3 is 0 Å². The van der Waals surface area contributed by atoms with Gasteiger partial charge in [0.25, 0.3) is 5.56 Å². The minimum Gasteiger partial charge on any atom is -0.293 e. The number of halogens is 1. The van der Waals surface area contributed by atoms with Gasteiger partial charge in [0.15, 0.2) is 0 Å². The first-order valence-electron chi connectivity index (χ1n) is 4.22. The first kappa shape index (κ1) is 9.79. The van der Waals surface area contributed by atoms with Gasteiger partial charge in [-0.2, -0.15) is 0 Å². The molecule has 76 valence electrons. The predicted molar refractivity (Wildman–Crippen MR) is 54.6 cm³/mol. The summed E-state index contributed by atoms with van der Waals surface area (Å²) in [5.74, 6) is 0. The van der Waals surface area contributed by atoms with E-state index in [1.165, 1.54) is 35.6 Å². The van der Waals surface area contributed by atoms with Gasteiger partial charge in [-0.05, 0) is 0 Å². The molecule has 0 unspecified atom stereocenters. The van der Waals surface area contributed by atoms with Gasteiger partial charge in [-0.25, -0.2) is 9.97 Å². The summed E-state index contributed by atoms with van der Waals surface area (Å²) < 4.78 is 1.44. The van der Waals surface area contributed by atoms with Crippen molar-refractivity contribution in [3.05, 3.63) is 52.2 Å². The molecule has 0 aliphatic heterocycles. The zero-order chi connectivity index (χ0) is 10.7. The molecule has 0 radical (unpaired) electrons. The van der Waals surface area contributed by atoms with E-state index in [9.17, 15) is 4.79 Å². The summed E-state index contributed by atoms with van der Waals surface area (Å²) in [6.07, 6.45) is 5.88. The van der Waals surface area contributed by atoms with E-state index in [-0.39, 0.29) is 5.56 Å². The van der Waals surface area contributed by atoms with Crippen LogP contribution in [0.25, 0.3) is 0 Å². The van der Waals surface area contributed by atoms with Crippen LogP contribution in [0.3, 0.4) is 0 Å². The van der Waals surface area contributed by atoms with Crippen molar-refractivity contribution in [2.24, 2.45) is 0 Å². The van der Waals surface area contributed by atoms with E-state index in [1.807, 2.05) is 0 Å². The van der Waals surface area contributed by atoms with Crippen LogP contribution in [0.2, 0.25) is 5.15 Å². The van der Waals surface area contributed by atoms with Crippen LogP contribution in [0, 0.1) is 0 Å². The molecule has 0 saturated carbocycles. The van der Waals surface area contributed by atoms with Crippen molar-refractivity contribution in [1.29, 1.82) is 0 Å². The quantitative estimate of drug-likeness (QED) is 0.752. The molecule has 0 N–H and O–H groups in total. The van der Waals surface area contributed by atoms with Crippen LogP contribution in [0.5, 0.6) is 0 Å². The summed E-state index contributed by atoms with van der Waals surface area (Å²) >= 11 is 5.59. The predicted octanol–water partition coefficient (Wildman–Crippen LogP) is 0.735. The summed E-state index contributed by atoms with van der Waals surface area (Å²) in [6, 6.07) is 1.39. The molecule has 0 fully saturated rings. The van der Waals surface area contributed by atoms with Crippen molar-refractivity contribution in [2.75, 3.05) is 0 Å². The highest BCUT2D eigenvalue weighted by atomic mass is 35.5. The zero-order valence-corrected chi connectivity index (χ0v) is 8.42. The Morgan fingerprint density at radius 1 is 1.33 bits per heavy atom. The first-order chi connectivity index (χ1) is 7.25. The summed E-state index contributed by atoms with van der Waals surface area (Å²) in [6.45, 7) is 0.344. The minimum atomic E-state index is -0.123. The molecule has 6 heteroatoms. The van der Waals surface area contributed by atoms with Crippen molar-refractivity contribution in [2.45, 2.75) is 6.54 Å². The molecule has 2 aromatic heterocycles. The van der Waals surface area contributed by atoms with Gasteiger partial charge in [-0.1, -0.05) is 11.6 Å². The average Bonchev–Trinajstić information content (AvgIpc) is 2.25. The summed E-state index contributed by atoms with van der Waals surface area (Å²) in [4.78, 5) is 23.1. The number of hydrogen-bond acceptors (Lipinski definition) is 4.